The van der Waals surface area contributed by atoms with Gasteiger partial charge in [-0.1, -0.05) is 36.4 Å². The largest absolute Gasteiger partial charge is 0.489 e. The molecule has 1 aliphatic heterocycles. The molecular formula is C17H17NO. The lowest BCUT2D eigenvalue weighted by atomic mass is 10.1. The fraction of sp³-hybridized carbons (Fsp3) is 0.294. The standard InChI is InChI=1S/C17H17NO/c1-2-5-14-12(4-1)10-16-15(14)6-3-7-17(16)19-13-8-9-18-11-13/h1-7,13,18H,8-11H2. The second kappa shape index (κ2) is 4.39. The molecule has 0 radical (unpaired) electrons. The monoisotopic (exact) mass is 251 g/mol. The van der Waals surface area contributed by atoms with E-state index in [1.807, 2.05) is 0 Å². The SMILES string of the molecule is c1ccc2c(c1)Cc1c(OC3CCNC3)cccc1-2. The smallest absolute Gasteiger partial charge is 0.123 e. The summed E-state index contributed by atoms with van der Waals surface area (Å²) in [5.74, 6) is 1.07. The Balaban J connectivity index is 1.72. The average molecular weight is 251 g/mol. The van der Waals surface area contributed by atoms with Gasteiger partial charge >= 0.3 is 0 Å². The van der Waals surface area contributed by atoms with Crippen LogP contribution in [0.4, 0.5) is 0 Å². The molecular weight excluding hydrogens is 234 g/mol. The Morgan fingerprint density at radius 2 is 1.89 bits per heavy atom. The Hall–Kier alpha value is -1.80. The van der Waals surface area contributed by atoms with Crippen molar-refractivity contribution in [3.8, 4) is 16.9 Å². The summed E-state index contributed by atoms with van der Waals surface area (Å²) in [7, 11) is 0. The van der Waals surface area contributed by atoms with Crippen molar-refractivity contribution in [3.63, 3.8) is 0 Å². The number of fused-ring (bicyclic) bond motifs is 3. The highest BCUT2D eigenvalue weighted by Crippen LogP contribution is 2.41. The van der Waals surface area contributed by atoms with Crippen molar-refractivity contribution < 1.29 is 4.74 Å². The van der Waals surface area contributed by atoms with Gasteiger partial charge in [0.05, 0.1) is 0 Å². The van der Waals surface area contributed by atoms with Crippen LogP contribution in [0.1, 0.15) is 17.5 Å². The second-order valence-electron chi connectivity index (χ2n) is 5.35. The quantitative estimate of drug-likeness (QED) is 0.756. The van der Waals surface area contributed by atoms with Gasteiger partial charge in [-0.05, 0) is 35.7 Å². The number of nitrogens with one attached hydrogen (secondary N) is 1. The van der Waals surface area contributed by atoms with Gasteiger partial charge in [-0.2, -0.15) is 0 Å². The first-order valence-electron chi connectivity index (χ1n) is 6.99. The summed E-state index contributed by atoms with van der Waals surface area (Å²) in [6.07, 6.45) is 2.44. The van der Waals surface area contributed by atoms with E-state index in [0.717, 1.165) is 31.7 Å². The Kier molecular flexibility index (Phi) is 2.56. The zero-order valence-electron chi connectivity index (χ0n) is 10.9. The maximum Gasteiger partial charge on any atom is 0.123 e. The molecule has 1 heterocycles. The third kappa shape index (κ3) is 1.83. The van der Waals surface area contributed by atoms with E-state index in [9.17, 15) is 0 Å². The second-order valence-corrected chi connectivity index (χ2v) is 5.35. The minimum Gasteiger partial charge on any atom is -0.489 e. The molecule has 1 aliphatic carbocycles. The molecule has 1 unspecified atom stereocenters. The van der Waals surface area contributed by atoms with Gasteiger partial charge in [-0.3, -0.25) is 0 Å². The molecule has 1 saturated heterocycles. The van der Waals surface area contributed by atoms with Crippen LogP contribution in [-0.2, 0) is 6.42 Å². The molecule has 2 heteroatoms. The summed E-state index contributed by atoms with van der Waals surface area (Å²) in [5.41, 5.74) is 5.49. The van der Waals surface area contributed by atoms with E-state index in [1.54, 1.807) is 0 Å². The Bertz CT molecular complexity index is 614. The number of hydrogen-bond acceptors (Lipinski definition) is 2. The molecule has 96 valence electrons. The predicted molar refractivity (Wildman–Crippen MR) is 76.6 cm³/mol. The first-order chi connectivity index (χ1) is 9.42. The van der Waals surface area contributed by atoms with E-state index in [-0.39, 0.29) is 0 Å². The first-order valence-corrected chi connectivity index (χ1v) is 6.99. The van der Waals surface area contributed by atoms with Crippen LogP contribution in [0, 0.1) is 0 Å². The first kappa shape index (κ1) is 11.1. The molecule has 1 N–H and O–H groups in total. The van der Waals surface area contributed by atoms with Gasteiger partial charge in [-0.25, -0.2) is 0 Å². The summed E-state index contributed by atoms with van der Waals surface area (Å²) in [5, 5.41) is 3.35. The van der Waals surface area contributed by atoms with Gasteiger partial charge in [0.2, 0.25) is 0 Å². The molecule has 2 aliphatic rings. The minimum atomic E-state index is 0.329. The topological polar surface area (TPSA) is 21.3 Å². The van der Waals surface area contributed by atoms with Crippen LogP contribution >= 0.6 is 0 Å². The fourth-order valence-corrected chi connectivity index (χ4v) is 3.15. The lowest BCUT2D eigenvalue weighted by molar-refractivity contribution is 0.221. The summed E-state index contributed by atoms with van der Waals surface area (Å²) in [4.78, 5) is 0. The number of hydrogen-bond donors (Lipinski definition) is 1. The van der Waals surface area contributed by atoms with Gasteiger partial charge in [0.25, 0.3) is 0 Å². The molecule has 0 spiro atoms. The molecule has 1 atom stereocenters. The molecule has 1 fully saturated rings. The van der Waals surface area contributed by atoms with E-state index in [2.05, 4.69) is 47.8 Å². The van der Waals surface area contributed by atoms with Crippen LogP contribution in [0.25, 0.3) is 11.1 Å². The molecule has 2 aromatic rings. The molecule has 19 heavy (non-hydrogen) atoms. The maximum absolute atomic E-state index is 6.19. The van der Waals surface area contributed by atoms with Crippen LogP contribution in [-0.4, -0.2) is 19.2 Å². The Morgan fingerprint density at radius 1 is 1.00 bits per heavy atom. The molecule has 2 aromatic carbocycles. The summed E-state index contributed by atoms with van der Waals surface area (Å²) in [6, 6.07) is 15.1. The van der Waals surface area contributed by atoms with Crippen LogP contribution < -0.4 is 10.1 Å². The highest BCUT2D eigenvalue weighted by Gasteiger charge is 2.23. The van der Waals surface area contributed by atoms with Crippen LogP contribution in [0.5, 0.6) is 5.75 Å². The zero-order valence-corrected chi connectivity index (χ0v) is 10.9. The molecule has 0 aromatic heterocycles. The molecule has 2 nitrogen and oxygen atoms in total. The van der Waals surface area contributed by atoms with Crippen molar-refractivity contribution in [2.75, 3.05) is 13.1 Å². The molecule has 4 rings (SSSR count). The van der Waals surface area contributed by atoms with Gasteiger partial charge in [0, 0.05) is 18.5 Å². The third-order valence-corrected chi connectivity index (χ3v) is 4.12. The van der Waals surface area contributed by atoms with E-state index in [0.29, 0.717) is 6.10 Å². The zero-order chi connectivity index (χ0) is 12.7. The lowest BCUT2D eigenvalue weighted by Crippen LogP contribution is -2.20. The fourth-order valence-electron chi connectivity index (χ4n) is 3.15. The van der Waals surface area contributed by atoms with Gasteiger partial charge in [0.1, 0.15) is 11.9 Å². The van der Waals surface area contributed by atoms with Crippen molar-refractivity contribution >= 4 is 0 Å². The van der Waals surface area contributed by atoms with Gasteiger partial charge in [0.15, 0.2) is 0 Å². The van der Waals surface area contributed by atoms with Crippen LogP contribution in [0.3, 0.4) is 0 Å². The number of rotatable bonds is 2. The molecule has 0 bridgehead atoms. The molecule has 0 amide bonds. The van der Waals surface area contributed by atoms with Crippen molar-refractivity contribution in [3.05, 3.63) is 53.6 Å². The van der Waals surface area contributed by atoms with E-state index >= 15 is 0 Å². The summed E-state index contributed by atoms with van der Waals surface area (Å²) < 4.78 is 6.19. The lowest BCUT2D eigenvalue weighted by Gasteiger charge is -2.15. The summed E-state index contributed by atoms with van der Waals surface area (Å²) in [6.45, 7) is 2.04. The van der Waals surface area contributed by atoms with Crippen LogP contribution in [0.2, 0.25) is 0 Å². The van der Waals surface area contributed by atoms with E-state index in [4.69, 9.17) is 4.74 Å². The van der Waals surface area contributed by atoms with Crippen molar-refractivity contribution in [1.82, 2.24) is 5.32 Å². The third-order valence-electron chi connectivity index (χ3n) is 4.12. The number of benzene rings is 2. The predicted octanol–water partition coefficient (Wildman–Crippen LogP) is 3.00. The Labute approximate surface area is 113 Å². The Morgan fingerprint density at radius 3 is 2.79 bits per heavy atom. The van der Waals surface area contributed by atoms with Crippen LogP contribution in [0.15, 0.2) is 42.5 Å². The molecule has 0 saturated carbocycles. The maximum atomic E-state index is 6.19. The highest BCUT2D eigenvalue weighted by atomic mass is 16.5. The van der Waals surface area contributed by atoms with Gasteiger partial charge < -0.3 is 10.1 Å². The average Bonchev–Trinajstić information content (AvgIpc) is 3.06. The summed E-state index contributed by atoms with van der Waals surface area (Å²) >= 11 is 0. The normalized spacial score (nSPS) is 20.1. The van der Waals surface area contributed by atoms with E-state index < -0.39 is 0 Å². The number of ether oxygens (including phenoxy) is 1. The van der Waals surface area contributed by atoms with Gasteiger partial charge in [-0.15, -0.1) is 0 Å². The van der Waals surface area contributed by atoms with Crippen molar-refractivity contribution in [2.24, 2.45) is 0 Å². The van der Waals surface area contributed by atoms with Crippen molar-refractivity contribution in [2.45, 2.75) is 18.9 Å². The van der Waals surface area contributed by atoms with E-state index in [1.165, 1.54) is 22.3 Å². The highest BCUT2D eigenvalue weighted by molar-refractivity contribution is 5.78. The van der Waals surface area contributed by atoms with Crippen molar-refractivity contribution in [1.29, 1.82) is 0 Å². The minimum absolute atomic E-state index is 0.329.